The molecule has 0 amide bonds. The topological polar surface area (TPSA) is 160 Å². The first-order valence-corrected chi connectivity index (χ1v) is 4.61. The molecule has 94 valence electrons. The quantitative estimate of drug-likeness (QED) is 0.137. The van der Waals surface area contributed by atoms with E-state index in [1.54, 1.807) is 0 Å². The van der Waals surface area contributed by atoms with Gasteiger partial charge in [-0.2, -0.15) is 0 Å². The van der Waals surface area contributed by atoms with Crippen LogP contribution in [0.2, 0.25) is 0 Å². The second-order valence-electron chi connectivity index (χ2n) is 3.39. The smallest absolute Gasteiger partial charge is 0.185 e. The fourth-order valence-electron chi connectivity index (χ4n) is 1.11. The van der Waals surface area contributed by atoms with Crippen molar-refractivity contribution in [2.45, 2.75) is 24.2 Å². The number of rotatable bonds is 7. The van der Waals surface area contributed by atoms with Crippen LogP contribution in [-0.4, -0.2) is 63.6 Å². The molecule has 8 N–H and O–H groups in total. The van der Waals surface area contributed by atoms with Gasteiger partial charge in [0.1, 0.15) is 17.8 Å². The Kier molecular flexibility index (Phi) is 5.89. The van der Waals surface area contributed by atoms with Crippen LogP contribution >= 0.6 is 0 Å². The van der Waals surface area contributed by atoms with Crippen molar-refractivity contribution < 1.29 is 25.2 Å². The van der Waals surface area contributed by atoms with E-state index in [-0.39, 0.29) is 25.2 Å². The summed E-state index contributed by atoms with van der Waals surface area (Å²) >= 11 is 0. The first-order chi connectivity index (χ1) is 7.37. The van der Waals surface area contributed by atoms with Crippen molar-refractivity contribution in [1.29, 1.82) is 5.41 Å². The summed E-state index contributed by atoms with van der Waals surface area (Å²) in [6.07, 6.45) is -3.59. The summed E-state index contributed by atoms with van der Waals surface area (Å²) in [6.45, 7) is -0.808. The van der Waals surface area contributed by atoms with Crippen molar-refractivity contribution in [3.05, 3.63) is 0 Å². The van der Waals surface area contributed by atoms with Crippen LogP contribution in [0.4, 0.5) is 0 Å². The van der Waals surface area contributed by atoms with Gasteiger partial charge < -0.3 is 36.3 Å². The number of aldehydes is 1. The van der Waals surface area contributed by atoms with E-state index in [9.17, 15) is 15.0 Å². The Labute approximate surface area is 92.2 Å². The number of aliphatic hydroxyl groups excluding tert-OH is 3. The molecule has 0 saturated heterocycles. The number of nitrogens with two attached hydrogens (primary N) is 1. The molecule has 0 radical (unpaired) electrons. The summed E-state index contributed by atoms with van der Waals surface area (Å²) in [5.41, 5.74) is 2.79. The van der Waals surface area contributed by atoms with Crippen LogP contribution in [0.1, 0.15) is 6.42 Å². The Morgan fingerprint density at radius 3 is 2.50 bits per heavy atom. The molecule has 0 aliphatic rings. The molecule has 0 bridgehead atoms. The lowest BCUT2D eigenvalue weighted by Crippen LogP contribution is -2.53. The molecule has 0 fully saturated rings. The highest BCUT2D eigenvalue weighted by molar-refractivity contribution is 5.74. The Morgan fingerprint density at radius 2 is 2.12 bits per heavy atom. The zero-order valence-corrected chi connectivity index (χ0v) is 8.63. The largest absolute Gasteiger partial charge is 0.394 e. The van der Waals surface area contributed by atoms with E-state index in [0.29, 0.717) is 0 Å². The average Bonchev–Trinajstić information content (AvgIpc) is 2.26. The standard InChI is InChI=1S/C8H17N3O5/c9-7(10)11-2-1-8(16,4-13)6(15)5(14)3-12/h4-6,12,14-16H,1-3H2,(H4,9,10,11)/t5-,6-,8+/m1/s1. The van der Waals surface area contributed by atoms with Gasteiger partial charge in [0.15, 0.2) is 12.2 Å². The van der Waals surface area contributed by atoms with E-state index in [4.69, 9.17) is 21.4 Å². The SMILES string of the molecule is N=C(N)NCC[C@](O)(C=O)[C@H](O)[C@H](O)CO. The van der Waals surface area contributed by atoms with Crippen LogP contribution in [0.3, 0.4) is 0 Å². The molecular formula is C8H17N3O5. The Bertz CT molecular complexity index is 250. The Morgan fingerprint density at radius 1 is 1.56 bits per heavy atom. The lowest BCUT2D eigenvalue weighted by Gasteiger charge is -2.30. The van der Waals surface area contributed by atoms with Crippen LogP contribution < -0.4 is 11.1 Å². The molecule has 3 atom stereocenters. The molecule has 16 heavy (non-hydrogen) atoms. The molecule has 0 aromatic rings. The molecule has 0 heterocycles. The third-order valence-corrected chi connectivity index (χ3v) is 2.11. The van der Waals surface area contributed by atoms with Gasteiger partial charge in [-0.3, -0.25) is 5.41 Å². The van der Waals surface area contributed by atoms with Gasteiger partial charge in [-0.15, -0.1) is 0 Å². The van der Waals surface area contributed by atoms with E-state index in [1.807, 2.05) is 0 Å². The van der Waals surface area contributed by atoms with Gasteiger partial charge in [0.05, 0.1) is 6.61 Å². The van der Waals surface area contributed by atoms with Gasteiger partial charge >= 0.3 is 0 Å². The third-order valence-electron chi connectivity index (χ3n) is 2.11. The highest BCUT2D eigenvalue weighted by Gasteiger charge is 2.39. The summed E-state index contributed by atoms with van der Waals surface area (Å²) in [7, 11) is 0. The number of hydrogen-bond acceptors (Lipinski definition) is 6. The van der Waals surface area contributed by atoms with Crippen LogP contribution in [0.5, 0.6) is 0 Å². The number of hydrogen-bond donors (Lipinski definition) is 7. The first kappa shape index (κ1) is 14.8. The number of carbonyl (C=O) groups is 1. The second kappa shape index (κ2) is 6.38. The predicted molar refractivity (Wildman–Crippen MR) is 54.6 cm³/mol. The third kappa shape index (κ3) is 4.11. The zero-order chi connectivity index (χ0) is 12.8. The normalized spacial score (nSPS) is 18.2. The predicted octanol–water partition coefficient (Wildman–Crippen LogP) is -3.50. The minimum Gasteiger partial charge on any atom is -0.394 e. The number of nitrogens with one attached hydrogen (secondary N) is 2. The number of aliphatic hydroxyl groups is 4. The minimum atomic E-state index is -2.19. The summed E-state index contributed by atoms with van der Waals surface area (Å²) in [4.78, 5) is 10.6. The van der Waals surface area contributed by atoms with E-state index in [0.717, 1.165) is 0 Å². The van der Waals surface area contributed by atoms with Crippen molar-refractivity contribution in [1.82, 2.24) is 5.32 Å². The molecule has 8 heteroatoms. The van der Waals surface area contributed by atoms with Crippen molar-refractivity contribution in [2.75, 3.05) is 13.2 Å². The van der Waals surface area contributed by atoms with Gasteiger partial charge in [-0.1, -0.05) is 0 Å². The van der Waals surface area contributed by atoms with E-state index >= 15 is 0 Å². The highest BCUT2D eigenvalue weighted by Crippen LogP contribution is 2.15. The van der Waals surface area contributed by atoms with Crippen LogP contribution in [0, 0.1) is 5.41 Å². The maximum atomic E-state index is 10.6. The fraction of sp³-hybridized carbons (Fsp3) is 0.750. The fourth-order valence-corrected chi connectivity index (χ4v) is 1.11. The van der Waals surface area contributed by atoms with Crippen LogP contribution in [0.25, 0.3) is 0 Å². The number of carbonyl (C=O) groups excluding carboxylic acids is 1. The summed E-state index contributed by atoms with van der Waals surface area (Å²) in [6, 6.07) is 0. The summed E-state index contributed by atoms with van der Waals surface area (Å²) < 4.78 is 0. The van der Waals surface area contributed by atoms with Crippen LogP contribution in [0.15, 0.2) is 0 Å². The van der Waals surface area contributed by atoms with Gasteiger partial charge in [0, 0.05) is 13.0 Å². The molecule has 0 aromatic heterocycles. The molecule has 0 aliphatic carbocycles. The molecule has 0 rings (SSSR count). The van der Waals surface area contributed by atoms with Crippen molar-refractivity contribution in [2.24, 2.45) is 5.73 Å². The van der Waals surface area contributed by atoms with Gasteiger partial charge in [0.25, 0.3) is 0 Å². The first-order valence-electron chi connectivity index (χ1n) is 4.61. The monoisotopic (exact) mass is 235 g/mol. The highest BCUT2D eigenvalue weighted by atomic mass is 16.4. The van der Waals surface area contributed by atoms with Crippen molar-refractivity contribution in [3.8, 4) is 0 Å². The molecule has 0 spiro atoms. The average molecular weight is 235 g/mol. The molecular weight excluding hydrogens is 218 g/mol. The van der Waals surface area contributed by atoms with Gasteiger partial charge in [-0.25, -0.2) is 0 Å². The summed E-state index contributed by atoms with van der Waals surface area (Å²) in [5, 5.41) is 45.9. The van der Waals surface area contributed by atoms with E-state index < -0.39 is 24.4 Å². The molecule has 8 nitrogen and oxygen atoms in total. The lowest BCUT2D eigenvalue weighted by atomic mass is 9.91. The van der Waals surface area contributed by atoms with Crippen LogP contribution in [-0.2, 0) is 4.79 Å². The lowest BCUT2D eigenvalue weighted by molar-refractivity contribution is -0.154. The molecule has 0 unspecified atom stereocenters. The maximum absolute atomic E-state index is 10.6. The maximum Gasteiger partial charge on any atom is 0.185 e. The molecule has 0 aliphatic heterocycles. The van der Waals surface area contributed by atoms with Gasteiger partial charge in [-0.05, 0) is 0 Å². The van der Waals surface area contributed by atoms with Gasteiger partial charge in [0.2, 0.25) is 0 Å². The molecule has 0 aromatic carbocycles. The van der Waals surface area contributed by atoms with E-state index in [1.165, 1.54) is 0 Å². The van der Waals surface area contributed by atoms with Crippen molar-refractivity contribution >= 4 is 12.2 Å². The minimum absolute atomic E-state index is 0.0280. The zero-order valence-electron chi connectivity index (χ0n) is 8.63. The van der Waals surface area contributed by atoms with Crippen molar-refractivity contribution in [3.63, 3.8) is 0 Å². The Balaban J connectivity index is 4.40. The second-order valence-corrected chi connectivity index (χ2v) is 3.39. The molecule has 0 saturated carbocycles. The Hall–Kier alpha value is -1.22. The van der Waals surface area contributed by atoms with E-state index in [2.05, 4.69) is 5.32 Å². The summed E-state index contributed by atoms with van der Waals surface area (Å²) in [5.74, 6) is -0.342. The number of guanidine groups is 1.